The zero-order valence-corrected chi connectivity index (χ0v) is 14.9. The molecule has 1 unspecified atom stereocenters. The smallest absolute Gasteiger partial charge is 0.240 e. The molecule has 0 aliphatic rings. The van der Waals surface area contributed by atoms with Crippen molar-refractivity contribution in [1.82, 2.24) is 10.0 Å². The van der Waals surface area contributed by atoms with Crippen LogP contribution in [0.15, 0.2) is 23.1 Å². The van der Waals surface area contributed by atoms with Crippen LogP contribution in [-0.2, 0) is 16.6 Å². The first kappa shape index (κ1) is 18.4. The molecule has 0 fully saturated rings. The lowest BCUT2D eigenvalue weighted by Crippen LogP contribution is -2.33. The number of sulfonamides is 1. The van der Waals surface area contributed by atoms with E-state index in [2.05, 4.69) is 30.8 Å². The average Bonchev–Trinajstić information content (AvgIpc) is 2.37. The monoisotopic (exact) mass is 332 g/mol. The van der Waals surface area contributed by atoms with Gasteiger partial charge in [-0.15, -0.1) is 0 Å². The summed E-state index contributed by atoms with van der Waals surface area (Å²) < 4.78 is 27.3. The molecule has 0 saturated heterocycles. The Hall–Kier alpha value is -0.620. The van der Waals surface area contributed by atoms with Gasteiger partial charge in [-0.2, -0.15) is 0 Å². The second-order valence-electron chi connectivity index (χ2n) is 6.40. The maximum absolute atomic E-state index is 12.3. The minimum absolute atomic E-state index is 0.0524. The molecule has 0 aromatic heterocycles. The minimum Gasteiger partial charge on any atom is -0.316 e. The predicted octanol–water partition coefficient (Wildman–Crippen LogP) is 3.02. The van der Waals surface area contributed by atoms with Crippen molar-refractivity contribution in [2.75, 3.05) is 13.6 Å². The fourth-order valence-electron chi connectivity index (χ4n) is 1.65. The second kappa shape index (κ2) is 7.09. The Balaban J connectivity index is 2.86. The highest BCUT2D eigenvalue weighted by atomic mass is 35.5. The maximum atomic E-state index is 12.3. The van der Waals surface area contributed by atoms with Gasteiger partial charge in [-0.05, 0) is 36.1 Å². The largest absolute Gasteiger partial charge is 0.316 e. The molecular formula is C15H25ClN2O2S. The van der Waals surface area contributed by atoms with Gasteiger partial charge in [0.1, 0.15) is 0 Å². The number of halogens is 1. The molecule has 0 bridgehead atoms. The Morgan fingerprint density at radius 2 is 1.90 bits per heavy atom. The van der Waals surface area contributed by atoms with Gasteiger partial charge in [0.15, 0.2) is 0 Å². The molecule has 1 aromatic carbocycles. The first-order valence-electron chi connectivity index (χ1n) is 7.00. The van der Waals surface area contributed by atoms with Crippen LogP contribution in [0, 0.1) is 11.3 Å². The summed E-state index contributed by atoms with van der Waals surface area (Å²) in [5, 5.41) is 3.44. The lowest BCUT2D eigenvalue weighted by atomic mass is 9.82. The molecule has 2 N–H and O–H groups in total. The minimum atomic E-state index is -3.52. The molecule has 0 saturated carbocycles. The highest BCUT2D eigenvalue weighted by Crippen LogP contribution is 2.25. The molecule has 0 aliphatic heterocycles. The fraction of sp³-hybridized carbons (Fsp3) is 0.600. The van der Waals surface area contributed by atoms with E-state index in [0.29, 0.717) is 18.1 Å². The standard InChI is InChI=1S/C15H25ClN2O2S/c1-11(15(2,3)4)9-18-21(19,20)13-7-6-12(10-17-5)14(16)8-13/h6-8,11,17-18H,9-10H2,1-5H3. The molecule has 0 spiro atoms. The molecule has 21 heavy (non-hydrogen) atoms. The van der Waals surface area contributed by atoms with Crippen LogP contribution in [0.2, 0.25) is 5.02 Å². The summed E-state index contributed by atoms with van der Waals surface area (Å²) in [5.41, 5.74) is 0.928. The summed E-state index contributed by atoms with van der Waals surface area (Å²) in [6.07, 6.45) is 0. The van der Waals surface area contributed by atoms with Gasteiger partial charge in [0.25, 0.3) is 0 Å². The van der Waals surface area contributed by atoms with E-state index in [-0.39, 0.29) is 16.2 Å². The molecule has 0 aliphatic carbocycles. The van der Waals surface area contributed by atoms with Crippen molar-refractivity contribution in [2.45, 2.75) is 39.1 Å². The summed E-state index contributed by atoms with van der Waals surface area (Å²) >= 11 is 6.12. The van der Waals surface area contributed by atoms with Crippen LogP contribution in [0.1, 0.15) is 33.3 Å². The van der Waals surface area contributed by atoms with Crippen molar-refractivity contribution in [3.63, 3.8) is 0 Å². The van der Waals surface area contributed by atoms with Crippen LogP contribution in [0.4, 0.5) is 0 Å². The van der Waals surface area contributed by atoms with Crippen LogP contribution >= 0.6 is 11.6 Å². The van der Waals surface area contributed by atoms with Crippen LogP contribution in [-0.4, -0.2) is 22.0 Å². The van der Waals surface area contributed by atoms with Gasteiger partial charge < -0.3 is 5.32 Å². The number of rotatable bonds is 6. The molecule has 6 heteroatoms. The summed E-state index contributed by atoms with van der Waals surface area (Å²) in [5.74, 6) is 0.228. The average molecular weight is 333 g/mol. The van der Waals surface area contributed by atoms with E-state index in [9.17, 15) is 8.42 Å². The third kappa shape index (κ3) is 5.25. The van der Waals surface area contributed by atoms with Crippen molar-refractivity contribution in [1.29, 1.82) is 0 Å². The quantitative estimate of drug-likeness (QED) is 0.842. The summed E-state index contributed by atoms with van der Waals surface area (Å²) in [6.45, 7) is 9.32. The number of hydrogen-bond donors (Lipinski definition) is 2. The second-order valence-corrected chi connectivity index (χ2v) is 8.58. The zero-order valence-electron chi connectivity index (χ0n) is 13.3. The Bertz CT molecular complexity index is 580. The molecule has 120 valence electrons. The topological polar surface area (TPSA) is 58.2 Å². The van der Waals surface area contributed by atoms with E-state index in [0.717, 1.165) is 5.56 Å². The molecule has 0 amide bonds. The number of nitrogens with one attached hydrogen (secondary N) is 2. The summed E-state index contributed by atoms with van der Waals surface area (Å²) in [7, 11) is -1.71. The summed E-state index contributed by atoms with van der Waals surface area (Å²) in [4.78, 5) is 0.202. The Labute approximate surface area is 133 Å². The van der Waals surface area contributed by atoms with Gasteiger partial charge in [-0.3, -0.25) is 0 Å². The van der Waals surface area contributed by atoms with E-state index in [1.54, 1.807) is 12.1 Å². The first-order valence-corrected chi connectivity index (χ1v) is 8.86. The third-order valence-electron chi connectivity index (χ3n) is 3.76. The van der Waals surface area contributed by atoms with Gasteiger partial charge in [0.05, 0.1) is 4.90 Å². The molecule has 0 radical (unpaired) electrons. The van der Waals surface area contributed by atoms with E-state index in [4.69, 9.17) is 11.6 Å². The van der Waals surface area contributed by atoms with Crippen molar-refractivity contribution in [3.05, 3.63) is 28.8 Å². The maximum Gasteiger partial charge on any atom is 0.240 e. The normalized spacial score (nSPS) is 14.2. The van der Waals surface area contributed by atoms with Gasteiger partial charge in [0, 0.05) is 18.1 Å². The molecule has 1 atom stereocenters. The lowest BCUT2D eigenvalue weighted by Gasteiger charge is -2.27. The number of hydrogen-bond acceptors (Lipinski definition) is 3. The lowest BCUT2D eigenvalue weighted by molar-refractivity contribution is 0.263. The van der Waals surface area contributed by atoms with Crippen LogP contribution in [0.3, 0.4) is 0 Å². The van der Waals surface area contributed by atoms with Crippen molar-refractivity contribution in [2.24, 2.45) is 11.3 Å². The Morgan fingerprint density at radius 3 is 2.38 bits per heavy atom. The van der Waals surface area contributed by atoms with Crippen molar-refractivity contribution < 1.29 is 8.42 Å². The predicted molar refractivity (Wildman–Crippen MR) is 88.0 cm³/mol. The van der Waals surface area contributed by atoms with E-state index in [1.807, 2.05) is 14.0 Å². The SMILES string of the molecule is CNCc1ccc(S(=O)(=O)NCC(C)C(C)(C)C)cc1Cl. The van der Waals surface area contributed by atoms with Crippen LogP contribution in [0.5, 0.6) is 0 Å². The van der Waals surface area contributed by atoms with Crippen molar-refractivity contribution in [3.8, 4) is 0 Å². The highest BCUT2D eigenvalue weighted by Gasteiger charge is 2.23. The van der Waals surface area contributed by atoms with Gasteiger partial charge in [0.2, 0.25) is 10.0 Å². The molecule has 1 rings (SSSR count). The highest BCUT2D eigenvalue weighted by molar-refractivity contribution is 7.89. The molecule has 1 aromatic rings. The molecule has 4 nitrogen and oxygen atoms in total. The van der Waals surface area contributed by atoms with E-state index in [1.165, 1.54) is 6.07 Å². The first-order chi connectivity index (χ1) is 9.58. The van der Waals surface area contributed by atoms with Crippen molar-refractivity contribution >= 4 is 21.6 Å². The zero-order chi connectivity index (χ0) is 16.3. The molecule has 0 heterocycles. The Kier molecular flexibility index (Phi) is 6.23. The van der Waals surface area contributed by atoms with Gasteiger partial charge in [-0.1, -0.05) is 45.4 Å². The third-order valence-corrected chi connectivity index (χ3v) is 5.53. The van der Waals surface area contributed by atoms with Crippen LogP contribution in [0.25, 0.3) is 0 Å². The van der Waals surface area contributed by atoms with Gasteiger partial charge >= 0.3 is 0 Å². The Morgan fingerprint density at radius 1 is 1.29 bits per heavy atom. The van der Waals surface area contributed by atoms with E-state index >= 15 is 0 Å². The summed E-state index contributed by atoms with van der Waals surface area (Å²) in [6, 6.07) is 4.82. The molecular weight excluding hydrogens is 308 g/mol. The van der Waals surface area contributed by atoms with E-state index < -0.39 is 10.0 Å². The van der Waals surface area contributed by atoms with Crippen LogP contribution < -0.4 is 10.0 Å². The van der Waals surface area contributed by atoms with Gasteiger partial charge in [-0.25, -0.2) is 13.1 Å². The number of benzene rings is 1. The fourth-order valence-corrected chi connectivity index (χ4v) is 3.12.